The normalized spacial score (nSPS) is 11.0. The average Bonchev–Trinajstić information content (AvgIpc) is 3.06. The first kappa shape index (κ1) is 17.2. The molecular formula is C20H22N4S. The molecule has 3 rings (SSSR count). The second-order valence-corrected chi connectivity index (χ2v) is 7.07. The lowest BCUT2D eigenvalue weighted by Crippen LogP contribution is -2.08. The Morgan fingerprint density at radius 1 is 1.08 bits per heavy atom. The van der Waals surface area contributed by atoms with Crippen molar-refractivity contribution in [3.05, 3.63) is 64.5 Å². The zero-order valence-electron chi connectivity index (χ0n) is 14.9. The van der Waals surface area contributed by atoms with Gasteiger partial charge in [-0.3, -0.25) is 5.43 Å². The van der Waals surface area contributed by atoms with Crippen LogP contribution in [0.2, 0.25) is 0 Å². The van der Waals surface area contributed by atoms with Crippen LogP contribution in [-0.4, -0.2) is 25.3 Å². The van der Waals surface area contributed by atoms with Gasteiger partial charge in [0, 0.05) is 30.7 Å². The highest BCUT2D eigenvalue weighted by molar-refractivity contribution is 7.14. The molecule has 5 heteroatoms. The van der Waals surface area contributed by atoms with Crippen molar-refractivity contribution in [2.24, 2.45) is 5.10 Å². The smallest absolute Gasteiger partial charge is 0.203 e. The topological polar surface area (TPSA) is 40.5 Å². The maximum Gasteiger partial charge on any atom is 0.203 e. The highest BCUT2D eigenvalue weighted by Gasteiger charge is 2.07. The Morgan fingerprint density at radius 2 is 1.84 bits per heavy atom. The number of aromatic nitrogens is 1. The van der Waals surface area contributed by atoms with Gasteiger partial charge in [0.1, 0.15) is 0 Å². The van der Waals surface area contributed by atoms with E-state index in [4.69, 9.17) is 0 Å². The van der Waals surface area contributed by atoms with Crippen molar-refractivity contribution >= 4 is 28.4 Å². The lowest BCUT2D eigenvalue weighted by molar-refractivity contribution is 1.13. The highest BCUT2D eigenvalue weighted by Crippen LogP contribution is 2.28. The van der Waals surface area contributed by atoms with Gasteiger partial charge < -0.3 is 4.90 Å². The second-order valence-electron chi connectivity index (χ2n) is 6.21. The molecule has 0 aliphatic heterocycles. The summed E-state index contributed by atoms with van der Waals surface area (Å²) in [5.74, 6) is 0. The standard InChI is InChI=1S/C20H22N4S/c1-14-5-6-15(2)18(11-14)19-13-25-20(22-19)23-21-12-16-7-9-17(10-8-16)24(3)4/h5-13H,1-4H3,(H,22,23)/b21-12-. The quantitative estimate of drug-likeness (QED) is 0.523. The number of thiazole rings is 1. The molecule has 4 nitrogen and oxygen atoms in total. The second kappa shape index (κ2) is 7.49. The molecular weight excluding hydrogens is 328 g/mol. The minimum absolute atomic E-state index is 0.789. The summed E-state index contributed by atoms with van der Waals surface area (Å²) < 4.78 is 0. The third-order valence-electron chi connectivity index (χ3n) is 3.96. The van der Waals surface area contributed by atoms with E-state index < -0.39 is 0 Å². The number of hydrogen-bond acceptors (Lipinski definition) is 5. The van der Waals surface area contributed by atoms with E-state index in [9.17, 15) is 0 Å². The van der Waals surface area contributed by atoms with E-state index in [1.807, 2.05) is 26.2 Å². The Kier molecular flexibility index (Phi) is 5.14. The molecule has 0 atom stereocenters. The van der Waals surface area contributed by atoms with Gasteiger partial charge in [0.25, 0.3) is 0 Å². The molecule has 0 radical (unpaired) electrons. The Balaban J connectivity index is 1.68. The van der Waals surface area contributed by atoms with Crippen LogP contribution in [0.15, 0.2) is 52.9 Å². The van der Waals surface area contributed by atoms with E-state index in [-0.39, 0.29) is 0 Å². The molecule has 0 unspecified atom stereocenters. The van der Waals surface area contributed by atoms with Crippen LogP contribution in [-0.2, 0) is 0 Å². The molecule has 0 bridgehead atoms. The fraction of sp³-hybridized carbons (Fsp3) is 0.200. The third kappa shape index (κ3) is 4.25. The van der Waals surface area contributed by atoms with E-state index in [2.05, 4.69) is 70.0 Å². The molecule has 1 heterocycles. The summed E-state index contributed by atoms with van der Waals surface area (Å²) in [5, 5.41) is 7.14. The fourth-order valence-corrected chi connectivity index (χ4v) is 3.14. The number of nitrogens with zero attached hydrogens (tertiary/aromatic N) is 3. The molecule has 25 heavy (non-hydrogen) atoms. The first-order valence-electron chi connectivity index (χ1n) is 8.12. The maximum absolute atomic E-state index is 4.64. The van der Waals surface area contributed by atoms with Gasteiger partial charge in [-0.1, -0.05) is 29.8 Å². The summed E-state index contributed by atoms with van der Waals surface area (Å²) in [7, 11) is 4.06. The number of nitrogens with one attached hydrogen (secondary N) is 1. The predicted octanol–water partition coefficient (Wildman–Crippen LogP) is 4.94. The van der Waals surface area contributed by atoms with Crippen LogP contribution in [0.1, 0.15) is 16.7 Å². The summed E-state index contributed by atoms with van der Waals surface area (Å²) in [6.07, 6.45) is 1.80. The Labute approximate surface area is 152 Å². The highest BCUT2D eigenvalue weighted by atomic mass is 32.1. The molecule has 3 aromatic rings. The Bertz CT molecular complexity index is 879. The number of aryl methyl sites for hydroxylation is 2. The van der Waals surface area contributed by atoms with Crippen molar-refractivity contribution in [3.63, 3.8) is 0 Å². The molecule has 0 spiro atoms. The number of anilines is 2. The first-order chi connectivity index (χ1) is 12.0. The largest absolute Gasteiger partial charge is 0.378 e. The fourth-order valence-electron chi connectivity index (χ4n) is 2.48. The average molecular weight is 350 g/mol. The van der Waals surface area contributed by atoms with E-state index in [0.29, 0.717) is 0 Å². The first-order valence-corrected chi connectivity index (χ1v) is 9.00. The van der Waals surface area contributed by atoms with Crippen molar-refractivity contribution in [1.82, 2.24) is 4.98 Å². The molecule has 0 aliphatic rings. The Hall–Kier alpha value is -2.66. The van der Waals surface area contributed by atoms with Gasteiger partial charge in [0.15, 0.2) is 0 Å². The van der Waals surface area contributed by atoms with Gasteiger partial charge in [0.05, 0.1) is 11.9 Å². The molecule has 2 aromatic carbocycles. The minimum atomic E-state index is 0.789. The van der Waals surface area contributed by atoms with E-state index in [1.54, 1.807) is 17.6 Å². The molecule has 1 aromatic heterocycles. The third-order valence-corrected chi connectivity index (χ3v) is 4.70. The summed E-state index contributed by atoms with van der Waals surface area (Å²) in [4.78, 5) is 6.71. The van der Waals surface area contributed by atoms with Crippen LogP contribution in [0.4, 0.5) is 10.8 Å². The van der Waals surface area contributed by atoms with E-state index in [1.165, 1.54) is 22.4 Å². The van der Waals surface area contributed by atoms with Gasteiger partial charge in [-0.15, -0.1) is 11.3 Å². The van der Waals surface area contributed by atoms with Gasteiger partial charge in [-0.2, -0.15) is 5.10 Å². The van der Waals surface area contributed by atoms with Crippen LogP contribution in [0.3, 0.4) is 0 Å². The van der Waals surface area contributed by atoms with E-state index >= 15 is 0 Å². The van der Waals surface area contributed by atoms with Gasteiger partial charge in [-0.25, -0.2) is 4.98 Å². The predicted molar refractivity (Wildman–Crippen MR) is 109 cm³/mol. The van der Waals surface area contributed by atoms with Crippen LogP contribution >= 0.6 is 11.3 Å². The summed E-state index contributed by atoms with van der Waals surface area (Å²) in [6.45, 7) is 4.21. The molecule has 1 N–H and O–H groups in total. The Morgan fingerprint density at radius 3 is 2.56 bits per heavy atom. The number of benzene rings is 2. The lowest BCUT2D eigenvalue weighted by Gasteiger charge is -2.11. The van der Waals surface area contributed by atoms with Crippen LogP contribution in [0.5, 0.6) is 0 Å². The number of hydrogen-bond donors (Lipinski definition) is 1. The molecule has 128 valence electrons. The molecule has 0 saturated carbocycles. The molecule has 0 amide bonds. The van der Waals surface area contributed by atoms with Crippen molar-refractivity contribution in [2.75, 3.05) is 24.4 Å². The van der Waals surface area contributed by atoms with Crippen molar-refractivity contribution < 1.29 is 0 Å². The van der Waals surface area contributed by atoms with E-state index in [0.717, 1.165) is 16.4 Å². The monoisotopic (exact) mass is 350 g/mol. The summed E-state index contributed by atoms with van der Waals surface area (Å²) >= 11 is 1.56. The van der Waals surface area contributed by atoms with Gasteiger partial charge in [-0.05, 0) is 43.2 Å². The SMILES string of the molecule is Cc1ccc(C)c(-c2csc(N/N=C\c3ccc(N(C)C)cc3)n2)c1. The van der Waals surface area contributed by atoms with Crippen LogP contribution in [0.25, 0.3) is 11.3 Å². The van der Waals surface area contributed by atoms with Crippen LogP contribution < -0.4 is 10.3 Å². The van der Waals surface area contributed by atoms with Crippen molar-refractivity contribution in [3.8, 4) is 11.3 Å². The lowest BCUT2D eigenvalue weighted by atomic mass is 10.0. The van der Waals surface area contributed by atoms with Crippen molar-refractivity contribution in [1.29, 1.82) is 0 Å². The number of rotatable bonds is 5. The minimum Gasteiger partial charge on any atom is -0.378 e. The molecule has 0 saturated heterocycles. The zero-order chi connectivity index (χ0) is 17.8. The number of hydrazone groups is 1. The van der Waals surface area contributed by atoms with Crippen LogP contribution in [0, 0.1) is 13.8 Å². The maximum atomic E-state index is 4.64. The zero-order valence-corrected chi connectivity index (χ0v) is 15.8. The summed E-state index contributed by atoms with van der Waals surface area (Å²) in [6, 6.07) is 14.7. The molecule has 0 aliphatic carbocycles. The van der Waals surface area contributed by atoms with Crippen molar-refractivity contribution in [2.45, 2.75) is 13.8 Å². The molecule has 0 fully saturated rings. The van der Waals surface area contributed by atoms with Gasteiger partial charge in [0.2, 0.25) is 5.13 Å². The van der Waals surface area contributed by atoms with Gasteiger partial charge >= 0.3 is 0 Å². The summed E-state index contributed by atoms with van der Waals surface area (Å²) in [5.41, 5.74) is 9.86.